The molecule has 10 heavy (non-hydrogen) atoms. The van der Waals surface area contributed by atoms with Crippen molar-refractivity contribution < 1.29 is 0 Å². The highest BCUT2D eigenvalue weighted by Gasteiger charge is 2.15. The molecule has 4 nitrogen and oxygen atoms in total. The summed E-state index contributed by atoms with van der Waals surface area (Å²) in [5.41, 5.74) is 2.20. The molecule has 4 heteroatoms. The summed E-state index contributed by atoms with van der Waals surface area (Å²) in [4.78, 5) is 7.97. The zero-order chi connectivity index (χ0) is 6.97. The predicted octanol–water partition coefficient (Wildman–Crippen LogP) is -0.334. The van der Waals surface area contributed by atoms with Gasteiger partial charge in [-0.25, -0.2) is 15.0 Å². The molecule has 0 fully saturated rings. The number of nitrogens with zero attached hydrogens (tertiary/aromatic N) is 3. The van der Waals surface area contributed by atoms with Gasteiger partial charge in [-0.2, -0.15) is 0 Å². The number of hydrazine groups is 1. The average Bonchev–Trinajstić information content (AvgIpc) is 2.27. The molecule has 0 saturated carbocycles. The van der Waals surface area contributed by atoms with Gasteiger partial charge >= 0.3 is 0 Å². The lowest BCUT2D eigenvalue weighted by Gasteiger charge is -2.01. The second-order valence-electron chi connectivity index (χ2n) is 2.40. The van der Waals surface area contributed by atoms with Gasteiger partial charge in [-0.15, -0.1) is 0 Å². The van der Waals surface area contributed by atoms with Gasteiger partial charge in [0.1, 0.15) is 6.33 Å². The summed E-state index contributed by atoms with van der Waals surface area (Å²) in [6, 6.07) is 0. The number of rotatable bonds is 0. The van der Waals surface area contributed by atoms with Gasteiger partial charge in [-0.3, -0.25) is 5.84 Å². The van der Waals surface area contributed by atoms with Gasteiger partial charge in [0, 0.05) is 18.3 Å². The molecule has 0 atom stereocenters. The topological polar surface area (TPSA) is 55.0 Å². The fraction of sp³-hybridized carbons (Fsp3) is 0.333. The fourth-order valence-electron chi connectivity index (χ4n) is 1.13. The normalized spacial score (nSPS) is 17.3. The van der Waals surface area contributed by atoms with E-state index in [0.717, 1.165) is 24.3 Å². The van der Waals surface area contributed by atoms with Gasteiger partial charge in [-0.1, -0.05) is 0 Å². The van der Waals surface area contributed by atoms with Crippen LogP contribution in [-0.4, -0.2) is 15.0 Å². The summed E-state index contributed by atoms with van der Waals surface area (Å²) in [5.74, 6) is 5.55. The molecule has 0 radical (unpaired) electrons. The molecular formula is C6H8N4. The van der Waals surface area contributed by atoms with E-state index in [-0.39, 0.29) is 0 Å². The third-order valence-corrected chi connectivity index (χ3v) is 1.61. The molecule has 0 saturated heterocycles. The summed E-state index contributed by atoms with van der Waals surface area (Å²) < 4.78 is 0. The molecule has 0 aliphatic carbocycles. The summed E-state index contributed by atoms with van der Waals surface area (Å²) in [5, 5.41) is 1.72. The molecule has 2 rings (SSSR count). The molecule has 52 valence electrons. The lowest BCUT2D eigenvalue weighted by molar-refractivity contribution is 0.294. The van der Waals surface area contributed by atoms with Crippen LogP contribution < -0.4 is 5.84 Å². The lowest BCUT2D eigenvalue weighted by atomic mass is 10.3. The van der Waals surface area contributed by atoms with Crippen LogP contribution >= 0.6 is 0 Å². The molecule has 1 aliphatic rings. The van der Waals surface area contributed by atoms with Gasteiger partial charge in [0.05, 0.1) is 12.2 Å². The maximum atomic E-state index is 5.55. The van der Waals surface area contributed by atoms with Crippen LogP contribution in [0.2, 0.25) is 0 Å². The summed E-state index contributed by atoms with van der Waals surface area (Å²) in [7, 11) is 0. The minimum absolute atomic E-state index is 0.748. The first-order valence-electron chi connectivity index (χ1n) is 3.13. The Morgan fingerprint density at radius 3 is 3.20 bits per heavy atom. The van der Waals surface area contributed by atoms with E-state index in [1.807, 2.05) is 6.20 Å². The first-order chi connectivity index (χ1) is 4.86. The van der Waals surface area contributed by atoms with E-state index in [1.165, 1.54) is 0 Å². The number of nitrogens with two attached hydrogens (primary N) is 1. The Balaban J connectivity index is 2.42. The van der Waals surface area contributed by atoms with Gasteiger partial charge in [0.15, 0.2) is 0 Å². The van der Waals surface area contributed by atoms with E-state index in [2.05, 4.69) is 9.97 Å². The first kappa shape index (κ1) is 5.76. The quantitative estimate of drug-likeness (QED) is 0.496. The standard InChI is InChI=1S/C6H8N4/c7-10-2-5-1-8-4-9-6(5)3-10/h1,4H,2-3,7H2. The van der Waals surface area contributed by atoms with Crippen molar-refractivity contribution in [2.45, 2.75) is 13.1 Å². The Morgan fingerprint density at radius 2 is 2.40 bits per heavy atom. The molecular weight excluding hydrogens is 128 g/mol. The van der Waals surface area contributed by atoms with Crippen LogP contribution in [0.25, 0.3) is 0 Å². The molecule has 0 unspecified atom stereocenters. The van der Waals surface area contributed by atoms with E-state index in [1.54, 1.807) is 11.3 Å². The van der Waals surface area contributed by atoms with Crippen molar-refractivity contribution in [2.24, 2.45) is 5.84 Å². The van der Waals surface area contributed by atoms with Crippen LogP contribution in [0.5, 0.6) is 0 Å². The minimum atomic E-state index is 0.748. The molecule has 1 aliphatic heterocycles. The molecule has 1 aromatic heterocycles. The molecule has 1 aromatic rings. The molecule has 0 spiro atoms. The van der Waals surface area contributed by atoms with Crippen LogP contribution in [0.15, 0.2) is 12.5 Å². The molecule has 0 aromatic carbocycles. The van der Waals surface area contributed by atoms with Crippen molar-refractivity contribution in [3.8, 4) is 0 Å². The number of hydrogen-bond donors (Lipinski definition) is 1. The van der Waals surface area contributed by atoms with Crippen molar-refractivity contribution in [1.29, 1.82) is 0 Å². The third kappa shape index (κ3) is 0.778. The SMILES string of the molecule is NN1Cc2cncnc2C1. The largest absolute Gasteiger partial charge is 0.268 e. The second kappa shape index (κ2) is 2.00. The van der Waals surface area contributed by atoms with Gasteiger partial charge in [0.25, 0.3) is 0 Å². The van der Waals surface area contributed by atoms with Crippen molar-refractivity contribution in [1.82, 2.24) is 15.0 Å². The summed E-state index contributed by atoms with van der Waals surface area (Å²) >= 11 is 0. The summed E-state index contributed by atoms with van der Waals surface area (Å²) in [6.45, 7) is 1.52. The smallest absolute Gasteiger partial charge is 0.115 e. The van der Waals surface area contributed by atoms with E-state index in [4.69, 9.17) is 5.84 Å². The highest BCUT2D eigenvalue weighted by atomic mass is 15.4. The fourth-order valence-corrected chi connectivity index (χ4v) is 1.13. The predicted molar refractivity (Wildman–Crippen MR) is 35.5 cm³/mol. The Bertz CT molecular complexity index is 222. The van der Waals surface area contributed by atoms with Crippen LogP contribution in [0.4, 0.5) is 0 Å². The van der Waals surface area contributed by atoms with E-state index in [0.29, 0.717) is 0 Å². The molecule has 0 bridgehead atoms. The second-order valence-corrected chi connectivity index (χ2v) is 2.40. The Labute approximate surface area is 58.7 Å². The number of aromatic nitrogens is 2. The maximum Gasteiger partial charge on any atom is 0.115 e. The Kier molecular flexibility index (Phi) is 1.15. The third-order valence-electron chi connectivity index (χ3n) is 1.61. The van der Waals surface area contributed by atoms with Gasteiger partial charge < -0.3 is 0 Å². The van der Waals surface area contributed by atoms with E-state index in [9.17, 15) is 0 Å². The van der Waals surface area contributed by atoms with Crippen molar-refractivity contribution >= 4 is 0 Å². The highest BCUT2D eigenvalue weighted by molar-refractivity contribution is 5.19. The van der Waals surface area contributed by atoms with Crippen molar-refractivity contribution in [3.63, 3.8) is 0 Å². The van der Waals surface area contributed by atoms with Crippen molar-refractivity contribution in [3.05, 3.63) is 23.8 Å². The summed E-state index contributed by atoms with van der Waals surface area (Å²) in [6.07, 6.45) is 3.37. The zero-order valence-electron chi connectivity index (χ0n) is 5.49. The monoisotopic (exact) mass is 136 g/mol. The first-order valence-corrected chi connectivity index (χ1v) is 3.13. The molecule has 0 amide bonds. The number of hydrogen-bond acceptors (Lipinski definition) is 4. The van der Waals surface area contributed by atoms with Gasteiger partial charge in [0.2, 0.25) is 0 Å². The highest BCUT2D eigenvalue weighted by Crippen LogP contribution is 2.14. The van der Waals surface area contributed by atoms with Crippen LogP contribution in [0.1, 0.15) is 11.3 Å². The van der Waals surface area contributed by atoms with Crippen molar-refractivity contribution in [2.75, 3.05) is 0 Å². The molecule has 2 N–H and O–H groups in total. The van der Waals surface area contributed by atoms with E-state index < -0.39 is 0 Å². The van der Waals surface area contributed by atoms with Crippen LogP contribution in [-0.2, 0) is 13.1 Å². The van der Waals surface area contributed by atoms with E-state index >= 15 is 0 Å². The minimum Gasteiger partial charge on any atom is -0.268 e. The van der Waals surface area contributed by atoms with Gasteiger partial charge in [-0.05, 0) is 0 Å². The van der Waals surface area contributed by atoms with Crippen LogP contribution in [0, 0.1) is 0 Å². The number of fused-ring (bicyclic) bond motifs is 1. The Morgan fingerprint density at radius 1 is 1.50 bits per heavy atom. The van der Waals surface area contributed by atoms with Crippen LogP contribution in [0.3, 0.4) is 0 Å². The lowest BCUT2D eigenvalue weighted by Crippen LogP contribution is -2.23. The maximum absolute atomic E-state index is 5.55. The Hall–Kier alpha value is -1.00. The molecule has 2 heterocycles. The zero-order valence-corrected chi connectivity index (χ0v) is 5.49. The average molecular weight is 136 g/mol.